The number of para-hydroxylation sites is 1. The third-order valence-electron chi connectivity index (χ3n) is 7.04. The second kappa shape index (κ2) is 11.1. The van der Waals surface area contributed by atoms with Gasteiger partial charge in [0.25, 0.3) is 5.91 Å². The van der Waals surface area contributed by atoms with Crippen LogP contribution in [0, 0.1) is 30.9 Å². The third-order valence-corrected chi connectivity index (χ3v) is 7.04. The number of nitrogens with zero attached hydrogens (tertiary/aromatic N) is 5. The van der Waals surface area contributed by atoms with Crippen LogP contribution in [0.1, 0.15) is 38.8 Å². The molecule has 2 aromatic heterocycles. The number of ether oxygens (including phenoxy) is 1. The van der Waals surface area contributed by atoms with Gasteiger partial charge in [-0.2, -0.15) is 5.10 Å². The van der Waals surface area contributed by atoms with Crippen molar-refractivity contribution in [3.63, 3.8) is 0 Å². The van der Waals surface area contributed by atoms with Gasteiger partial charge >= 0.3 is 5.69 Å². The maximum atomic E-state index is 13.1. The fourth-order valence-electron chi connectivity index (χ4n) is 4.82. The molecule has 0 aliphatic carbocycles. The Kier molecular flexibility index (Phi) is 7.47. The number of piperazine rings is 1. The van der Waals surface area contributed by atoms with Gasteiger partial charge in [0.15, 0.2) is 11.5 Å². The lowest BCUT2D eigenvalue weighted by atomic mass is 10.1. The molecule has 5 rings (SSSR count). The van der Waals surface area contributed by atoms with E-state index in [9.17, 15) is 14.9 Å². The van der Waals surface area contributed by atoms with E-state index in [4.69, 9.17) is 14.3 Å². The van der Waals surface area contributed by atoms with Crippen LogP contribution in [0.2, 0.25) is 0 Å². The lowest BCUT2D eigenvalue weighted by molar-refractivity contribution is -0.386. The maximum absolute atomic E-state index is 13.1. The lowest BCUT2D eigenvalue weighted by Gasteiger charge is -2.34. The van der Waals surface area contributed by atoms with E-state index in [1.165, 1.54) is 11.6 Å². The Balaban J connectivity index is 1.16. The number of carbonyl (C=O) groups is 1. The second-order valence-electron chi connectivity index (χ2n) is 9.75. The van der Waals surface area contributed by atoms with Crippen LogP contribution in [-0.2, 0) is 13.2 Å². The molecule has 3 heterocycles. The molecule has 4 aromatic rings. The van der Waals surface area contributed by atoms with E-state index in [0.29, 0.717) is 18.8 Å². The van der Waals surface area contributed by atoms with Crippen LogP contribution in [0.4, 0.5) is 5.69 Å². The number of nitro groups is 1. The molecule has 0 radical (unpaired) electrons. The molecule has 1 aliphatic rings. The van der Waals surface area contributed by atoms with Crippen molar-refractivity contribution in [2.75, 3.05) is 26.2 Å². The largest absolute Gasteiger partial charge is 0.479 e. The van der Waals surface area contributed by atoms with Gasteiger partial charge in [-0.3, -0.25) is 19.8 Å². The molecule has 202 valence electrons. The summed E-state index contributed by atoms with van der Waals surface area (Å²) in [5.74, 6) is 0.641. The van der Waals surface area contributed by atoms with Crippen molar-refractivity contribution in [3.05, 3.63) is 105 Å². The van der Waals surface area contributed by atoms with E-state index >= 15 is 0 Å². The van der Waals surface area contributed by atoms with E-state index in [1.807, 2.05) is 41.9 Å². The summed E-state index contributed by atoms with van der Waals surface area (Å²) in [4.78, 5) is 28.0. The minimum atomic E-state index is -0.475. The summed E-state index contributed by atoms with van der Waals surface area (Å²) in [6, 6.07) is 18.2. The minimum absolute atomic E-state index is 0.0136. The molecule has 39 heavy (non-hydrogen) atoms. The highest BCUT2D eigenvalue weighted by atomic mass is 16.6. The van der Waals surface area contributed by atoms with Crippen molar-refractivity contribution in [2.45, 2.75) is 33.9 Å². The average molecular weight is 530 g/mol. The molecule has 0 unspecified atom stereocenters. The molecule has 0 bridgehead atoms. The fourth-order valence-corrected chi connectivity index (χ4v) is 4.82. The van der Waals surface area contributed by atoms with Crippen LogP contribution < -0.4 is 4.74 Å². The van der Waals surface area contributed by atoms with E-state index in [0.717, 1.165) is 42.3 Å². The van der Waals surface area contributed by atoms with Gasteiger partial charge in [-0.25, -0.2) is 4.68 Å². The number of furan rings is 1. The Labute approximate surface area is 226 Å². The highest BCUT2D eigenvalue weighted by Gasteiger charge is 2.26. The molecule has 0 N–H and O–H groups in total. The number of aromatic nitrogens is 2. The smallest absolute Gasteiger partial charge is 0.311 e. The highest BCUT2D eigenvalue weighted by Crippen LogP contribution is 2.29. The van der Waals surface area contributed by atoms with Crippen LogP contribution >= 0.6 is 0 Å². The number of nitro benzene ring substituents is 1. The summed E-state index contributed by atoms with van der Waals surface area (Å²) < 4.78 is 13.3. The summed E-state index contributed by atoms with van der Waals surface area (Å²) in [5, 5.41) is 16.1. The molecular formula is C29H31N5O5. The van der Waals surface area contributed by atoms with E-state index in [2.05, 4.69) is 11.8 Å². The molecule has 2 aromatic carbocycles. The number of aryl methyl sites for hydroxylation is 2. The monoisotopic (exact) mass is 529 g/mol. The summed E-state index contributed by atoms with van der Waals surface area (Å²) in [6.07, 6.45) is 0. The Morgan fingerprint density at radius 1 is 1.03 bits per heavy atom. The van der Waals surface area contributed by atoms with Crippen molar-refractivity contribution in [1.29, 1.82) is 0 Å². The van der Waals surface area contributed by atoms with Gasteiger partial charge in [0, 0.05) is 50.0 Å². The molecule has 0 spiro atoms. The van der Waals surface area contributed by atoms with Crippen LogP contribution in [-0.4, -0.2) is 56.6 Å². The van der Waals surface area contributed by atoms with E-state index < -0.39 is 4.92 Å². The van der Waals surface area contributed by atoms with E-state index in [-0.39, 0.29) is 29.7 Å². The molecule has 1 saturated heterocycles. The lowest BCUT2D eigenvalue weighted by Crippen LogP contribution is -2.48. The fraction of sp³-hybridized carbons (Fsp3) is 0.310. The maximum Gasteiger partial charge on any atom is 0.311 e. The van der Waals surface area contributed by atoms with Crippen LogP contribution in [0.5, 0.6) is 5.75 Å². The SMILES string of the molecule is Cc1ccc(OCc2ccc(C(=O)N3CCN(Cc4c(C)nn(-c5ccccc5)c4C)CC3)o2)c([N+](=O)[O-])c1. The Morgan fingerprint density at radius 2 is 1.77 bits per heavy atom. The summed E-state index contributed by atoms with van der Waals surface area (Å²) in [7, 11) is 0. The van der Waals surface area contributed by atoms with Gasteiger partial charge in [-0.15, -0.1) is 0 Å². The predicted molar refractivity (Wildman–Crippen MR) is 145 cm³/mol. The van der Waals surface area contributed by atoms with Gasteiger partial charge in [0.05, 0.1) is 16.3 Å². The molecule has 10 nitrogen and oxygen atoms in total. The molecule has 0 atom stereocenters. The zero-order chi connectivity index (χ0) is 27.5. The first-order valence-electron chi connectivity index (χ1n) is 12.9. The van der Waals surface area contributed by atoms with Crippen LogP contribution in [0.25, 0.3) is 5.69 Å². The van der Waals surface area contributed by atoms with E-state index in [1.54, 1.807) is 36.1 Å². The number of hydrogen-bond acceptors (Lipinski definition) is 7. The second-order valence-corrected chi connectivity index (χ2v) is 9.75. The van der Waals surface area contributed by atoms with Crippen molar-refractivity contribution in [3.8, 4) is 11.4 Å². The number of carbonyl (C=O) groups excluding carboxylic acids is 1. The molecule has 1 amide bonds. The molecule has 1 fully saturated rings. The highest BCUT2D eigenvalue weighted by molar-refractivity contribution is 5.91. The summed E-state index contributed by atoms with van der Waals surface area (Å²) >= 11 is 0. The third kappa shape index (κ3) is 5.70. The Morgan fingerprint density at radius 3 is 2.49 bits per heavy atom. The summed E-state index contributed by atoms with van der Waals surface area (Å²) in [6.45, 7) is 9.35. The van der Waals surface area contributed by atoms with Gasteiger partial charge in [0.1, 0.15) is 12.4 Å². The van der Waals surface area contributed by atoms with Gasteiger partial charge in [-0.1, -0.05) is 24.3 Å². The van der Waals surface area contributed by atoms with Crippen molar-refractivity contribution < 1.29 is 18.9 Å². The topological polar surface area (TPSA) is 107 Å². The number of amides is 1. The molecule has 1 aliphatic heterocycles. The zero-order valence-electron chi connectivity index (χ0n) is 22.3. The van der Waals surface area contributed by atoms with Crippen molar-refractivity contribution in [2.24, 2.45) is 0 Å². The minimum Gasteiger partial charge on any atom is -0.479 e. The molecule has 10 heteroatoms. The quantitative estimate of drug-likeness (QED) is 0.238. The average Bonchev–Trinajstić information content (AvgIpc) is 3.53. The molecule has 0 saturated carbocycles. The standard InChI is InChI=1S/C29H31N5O5/c1-20-9-11-27(26(17-20)34(36)37)38-19-24-10-12-28(39-24)29(35)32-15-13-31(14-16-32)18-25-21(2)30-33(22(25)3)23-7-5-4-6-8-23/h4-12,17H,13-16,18-19H2,1-3H3. The number of hydrogen-bond donors (Lipinski definition) is 0. The normalized spacial score (nSPS) is 14.0. The van der Waals surface area contributed by atoms with Crippen molar-refractivity contribution in [1.82, 2.24) is 19.6 Å². The molecular weight excluding hydrogens is 498 g/mol. The Bertz CT molecular complexity index is 1490. The van der Waals surface area contributed by atoms with Gasteiger partial charge in [-0.05, 0) is 56.7 Å². The van der Waals surface area contributed by atoms with Gasteiger partial charge in [0.2, 0.25) is 0 Å². The van der Waals surface area contributed by atoms with Crippen molar-refractivity contribution >= 4 is 11.6 Å². The predicted octanol–water partition coefficient (Wildman–Crippen LogP) is 4.84. The zero-order valence-corrected chi connectivity index (χ0v) is 22.3. The van der Waals surface area contributed by atoms with Gasteiger partial charge < -0.3 is 14.1 Å². The number of rotatable bonds is 8. The first kappa shape index (κ1) is 26.2. The first-order valence-corrected chi connectivity index (χ1v) is 12.9. The Hall–Kier alpha value is -4.44. The summed E-state index contributed by atoms with van der Waals surface area (Å²) in [5.41, 5.74) is 5.05. The van der Waals surface area contributed by atoms with Crippen LogP contribution in [0.3, 0.4) is 0 Å². The number of benzene rings is 2. The first-order chi connectivity index (χ1) is 18.8. The van der Waals surface area contributed by atoms with Crippen LogP contribution in [0.15, 0.2) is 65.1 Å².